The van der Waals surface area contributed by atoms with E-state index in [2.05, 4.69) is 11.9 Å². The van der Waals surface area contributed by atoms with Crippen LogP contribution in [0.3, 0.4) is 0 Å². The number of carboxylic acid groups (broad SMARTS) is 1. The minimum atomic E-state index is -0.626. The number of carbonyl (C=O) groups is 1. The van der Waals surface area contributed by atoms with Crippen molar-refractivity contribution in [2.75, 3.05) is 26.8 Å². The zero-order chi connectivity index (χ0) is 12.3. The summed E-state index contributed by atoms with van der Waals surface area (Å²) in [5, 5.41) is 9.19. The molecule has 1 N–H and O–H groups in total. The molecule has 2 aliphatic rings. The fourth-order valence-electron chi connectivity index (χ4n) is 3.25. The molecule has 1 aliphatic carbocycles. The first-order valence-electron chi connectivity index (χ1n) is 6.69. The van der Waals surface area contributed by atoms with Gasteiger partial charge in [-0.15, -0.1) is 0 Å². The molecule has 98 valence electrons. The van der Waals surface area contributed by atoms with Gasteiger partial charge in [0.2, 0.25) is 0 Å². The van der Waals surface area contributed by atoms with Gasteiger partial charge in [-0.2, -0.15) is 0 Å². The number of carboxylic acids is 1. The van der Waals surface area contributed by atoms with Gasteiger partial charge >= 0.3 is 5.97 Å². The van der Waals surface area contributed by atoms with E-state index in [1.807, 2.05) is 0 Å². The molecule has 2 fully saturated rings. The number of hydrogen-bond donors (Lipinski definition) is 1. The largest absolute Gasteiger partial charge is 0.481 e. The number of aliphatic carboxylic acids is 1. The molecule has 0 aromatic heterocycles. The molecule has 2 rings (SSSR count). The Morgan fingerprint density at radius 2 is 2.18 bits per heavy atom. The number of nitrogens with zero attached hydrogens (tertiary/aromatic N) is 1. The molecule has 0 radical (unpaired) electrons. The minimum Gasteiger partial charge on any atom is -0.481 e. The van der Waals surface area contributed by atoms with Gasteiger partial charge < -0.3 is 14.7 Å². The van der Waals surface area contributed by atoms with Gasteiger partial charge in [-0.3, -0.25) is 4.79 Å². The Bertz CT molecular complexity index is 263. The maximum Gasteiger partial charge on any atom is 0.308 e. The SMILES string of the molecule is CN(CC1CCCOC1)C1CCCC1C(=O)O. The number of hydrogen-bond acceptors (Lipinski definition) is 3. The number of ether oxygens (including phenoxy) is 1. The van der Waals surface area contributed by atoms with Crippen LogP contribution in [0.5, 0.6) is 0 Å². The standard InChI is InChI=1S/C13H23NO3/c1-14(8-10-4-3-7-17-9-10)12-6-2-5-11(12)13(15)16/h10-12H,2-9H2,1H3,(H,15,16). The van der Waals surface area contributed by atoms with Crippen LogP contribution in [-0.4, -0.2) is 48.8 Å². The highest BCUT2D eigenvalue weighted by Gasteiger charge is 2.36. The van der Waals surface area contributed by atoms with Crippen molar-refractivity contribution in [2.24, 2.45) is 11.8 Å². The van der Waals surface area contributed by atoms with Gasteiger partial charge in [0, 0.05) is 19.2 Å². The first-order chi connectivity index (χ1) is 8.18. The second-order valence-corrected chi connectivity index (χ2v) is 5.47. The minimum absolute atomic E-state index is 0.162. The van der Waals surface area contributed by atoms with Crippen molar-refractivity contribution in [1.29, 1.82) is 0 Å². The lowest BCUT2D eigenvalue weighted by atomic mass is 9.98. The molecule has 3 unspecified atom stereocenters. The summed E-state index contributed by atoms with van der Waals surface area (Å²) in [7, 11) is 2.07. The highest BCUT2D eigenvalue weighted by atomic mass is 16.5. The van der Waals surface area contributed by atoms with Crippen molar-refractivity contribution in [1.82, 2.24) is 4.90 Å². The maximum absolute atomic E-state index is 11.2. The molecule has 0 aromatic rings. The number of rotatable bonds is 4. The van der Waals surface area contributed by atoms with Crippen molar-refractivity contribution in [3.05, 3.63) is 0 Å². The Balaban J connectivity index is 1.85. The van der Waals surface area contributed by atoms with Gasteiger partial charge in [0.25, 0.3) is 0 Å². The summed E-state index contributed by atoms with van der Waals surface area (Å²) < 4.78 is 5.48. The van der Waals surface area contributed by atoms with E-state index in [0.717, 1.165) is 45.4 Å². The molecular formula is C13H23NO3. The quantitative estimate of drug-likeness (QED) is 0.812. The highest BCUT2D eigenvalue weighted by Crippen LogP contribution is 2.30. The van der Waals surface area contributed by atoms with E-state index in [9.17, 15) is 9.90 Å². The lowest BCUT2D eigenvalue weighted by Gasteiger charge is -2.32. The van der Waals surface area contributed by atoms with Crippen molar-refractivity contribution in [2.45, 2.75) is 38.1 Å². The third-order valence-electron chi connectivity index (χ3n) is 4.16. The Hall–Kier alpha value is -0.610. The van der Waals surface area contributed by atoms with E-state index in [4.69, 9.17) is 4.74 Å². The van der Waals surface area contributed by atoms with Crippen LogP contribution in [0.15, 0.2) is 0 Å². The molecule has 3 atom stereocenters. The van der Waals surface area contributed by atoms with E-state index in [0.29, 0.717) is 5.92 Å². The summed E-state index contributed by atoms with van der Waals surface area (Å²) in [6.07, 6.45) is 5.28. The van der Waals surface area contributed by atoms with Crippen LogP contribution in [0.25, 0.3) is 0 Å². The molecule has 0 amide bonds. The van der Waals surface area contributed by atoms with Crippen LogP contribution in [-0.2, 0) is 9.53 Å². The van der Waals surface area contributed by atoms with Crippen molar-refractivity contribution >= 4 is 5.97 Å². The van der Waals surface area contributed by atoms with E-state index in [-0.39, 0.29) is 12.0 Å². The molecule has 0 spiro atoms. The zero-order valence-corrected chi connectivity index (χ0v) is 10.6. The Morgan fingerprint density at radius 3 is 2.82 bits per heavy atom. The summed E-state index contributed by atoms with van der Waals surface area (Å²) >= 11 is 0. The lowest BCUT2D eigenvalue weighted by Crippen LogP contribution is -2.41. The smallest absolute Gasteiger partial charge is 0.308 e. The average molecular weight is 241 g/mol. The van der Waals surface area contributed by atoms with Crippen LogP contribution >= 0.6 is 0 Å². The molecule has 4 heteroatoms. The molecule has 0 bridgehead atoms. The van der Waals surface area contributed by atoms with Crippen LogP contribution in [0.4, 0.5) is 0 Å². The van der Waals surface area contributed by atoms with Crippen LogP contribution < -0.4 is 0 Å². The van der Waals surface area contributed by atoms with Gasteiger partial charge in [-0.25, -0.2) is 0 Å². The van der Waals surface area contributed by atoms with Gasteiger partial charge in [0.1, 0.15) is 0 Å². The van der Waals surface area contributed by atoms with E-state index in [1.54, 1.807) is 0 Å². The monoisotopic (exact) mass is 241 g/mol. The van der Waals surface area contributed by atoms with Crippen molar-refractivity contribution in [3.8, 4) is 0 Å². The highest BCUT2D eigenvalue weighted by molar-refractivity contribution is 5.71. The Kier molecular flexibility index (Phi) is 4.40. The molecule has 17 heavy (non-hydrogen) atoms. The van der Waals surface area contributed by atoms with Crippen LogP contribution in [0.1, 0.15) is 32.1 Å². The second-order valence-electron chi connectivity index (χ2n) is 5.47. The van der Waals surface area contributed by atoms with Gasteiger partial charge in [0.05, 0.1) is 12.5 Å². The van der Waals surface area contributed by atoms with Gasteiger partial charge in [-0.05, 0) is 38.6 Å². The maximum atomic E-state index is 11.2. The molecule has 4 nitrogen and oxygen atoms in total. The predicted octanol–water partition coefficient (Wildman–Crippen LogP) is 1.60. The Morgan fingerprint density at radius 1 is 1.35 bits per heavy atom. The van der Waals surface area contributed by atoms with E-state index < -0.39 is 5.97 Å². The molecule has 1 heterocycles. The summed E-state index contributed by atoms with van der Waals surface area (Å²) in [5.74, 6) is -0.201. The van der Waals surface area contributed by atoms with Crippen LogP contribution in [0, 0.1) is 11.8 Å². The fourth-order valence-corrected chi connectivity index (χ4v) is 3.25. The fraction of sp³-hybridized carbons (Fsp3) is 0.923. The topological polar surface area (TPSA) is 49.8 Å². The molecule has 0 aromatic carbocycles. The van der Waals surface area contributed by atoms with Crippen LogP contribution in [0.2, 0.25) is 0 Å². The van der Waals surface area contributed by atoms with Gasteiger partial charge in [0.15, 0.2) is 0 Å². The van der Waals surface area contributed by atoms with E-state index in [1.165, 1.54) is 6.42 Å². The summed E-state index contributed by atoms with van der Waals surface area (Å²) in [6, 6.07) is 0.231. The molecule has 1 aliphatic heterocycles. The first kappa shape index (κ1) is 12.8. The third kappa shape index (κ3) is 3.19. The molecule has 1 saturated heterocycles. The summed E-state index contributed by atoms with van der Waals surface area (Å²) in [6.45, 7) is 2.71. The third-order valence-corrected chi connectivity index (χ3v) is 4.16. The second kappa shape index (κ2) is 5.83. The summed E-state index contributed by atoms with van der Waals surface area (Å²) in [4.78, 5) is 13.4. The van der Waals surface area contributed by atoms with Crippen molar-refractivity contribution < 1.29 is 14.6 Å². The molecular weight excluding hydrogens is 218 g/mol. The lowest BCUT2D eigenvalue weighted by molar-refractivity contribution is -0.143. The predicted molar refractivity (Wildman–Crippen MR) is 64.9 cm³/mol. The Labute approximate surface area is 103 Å². The zero-order valence-electron chi connectivity index (χ0n) is 10.6. The van der Waals surface area contributed by atoms with E-state index >= 15 is 0 Å². The molecule has 1 saturated carbocycles. The van der Waals surface area contributed by atoms with Gasteiger partial charge in [-0.1, -0.05) is 6.42 Å². The average Bonchev–Trinajstić information content (AvgIpc) is 2.79. The first-order valence-corrected chi connectivity index (χ1v) is 6.69. The summed E-state index contributed by atoms with van der Waals surface area (Å²) in [5.41, 5.74) is 0. The van der Waals surface area contributed by atoms with Crippen molar-refractivity contribution in [3.63, 3.8) is 0 Å². The normalized spacial score (nSPS) is 34.1.